The van der Waals surface area contributed by atoms with Crippen LogP contribution in [-0.4, -0.2) is 15.7 Å². The molecular weight excluding hydrogens is 322 g/mol. The minimum Gasteiger partial charge on any atom is -0.396 e. The Morgan fingerprint density at radius 2 is 2.35 bits per heavy atom. The third kappa shape index (κ3) is 2.65. The summed E-state index contributed by atoms with van der Waals surface area (Å²) in [7, 11) is 0. The lowest BCUT2D eigenvalue weighted by atomic mass is 10.2. The number of nitriles is 1. The van der Waals surface area contributed by atoms with Gasteiger partial charge in [0.15, 0.2) is 0 Å². The van der Waals surface area contributed by atoms with Gasteiger partial charge in [0.05, 0.1) is 23.1 Å². The maximum atomic E-state index is 12.3. The third-order valence-corrected chi connectivity index (χ3v) is 3.23. The molecule has 7 heteroatoms. The van der Waals surface area contributed by atoms with Crippen LogP contribution in [0.4, 0.5) is 11.4 Å². The van der Waals surface area contributed by atoms with Gasteiger partial charge in [-0.3, -0.25) is 9.48 Å². The minimum absolute atomic E-state index is 0.288. The molecule has 1 heterocycles. The number of carbonyl (C=O) groups is 1. The van der Waals surface area contributed by atoms with Gasteiger partial charge in [-0.05, 0) is 25.1 Å². The number of carbonyl (C=O) groups excluding carboxylic acids is 1. The molecule has 1 amide bonds. The number of anilines is 2. The molecule has 102 valence electrons. The zero-order valence-corrected chi connectivity index (χ0v) is 12.3. The molecule has 0 fully saturated rings. The molecule has 0 radical (unpaired) electrons. The molecule has 1 aromatic heterocycles. The van der Waals surface area contributed by atoms with E-state index in [0.29, 0.717) is 23.5 Å². The molecular formula is C13H12BrN5O. The Balaban J connectivity index is 2.35. The quantitative estimate of drug-likeness (QED) is 0.900. The summed E-state index contributed by atoms with van der Waals surface area (Å²) in [5, 5.41) is 15.8. The molecule has 2 aromatic rings. The van der Waals surface area contributed by atoms with E-state index < -0.39 is 5.91 Å². The van der Waals surface area contributed by atoms with Crippen molar-refractivity contribution < 1.29 is 4.79 Å². The zero-order chi connectivity index (χ0) is 14.7. The first-order valence-electron chi connectivity index (χ1n) is 5.89. The van der Waals surface area contributed by atoms with E-state index in [0.717, 1.165) is 4.47 Å². The summed E-state index contributed by atoms with van der Waals surface area (Å²) in [5.41, 5.74) is 7.15. The summed E-state index contributed by atoms with van der Waals surface area (Å²) in [6.45, 7) is 2.40. The van der Waals surface area contributed by atoms with E-state index in [-0.39, 0.29) is 5.69 Å². The monoisotopic (exact) mass is 333 g/mol. The van der Waals surface area contributed by atoms with Crippen LogP contribution in [-0.2, 0) is 6.54 Å². The van der Waals surface area contributed by atoms with Gasteiger partial charge in [-0.15, -0.1) is 0 Å². The molecule has 0 bridgehead atoms. The van der Waals surface area contributed by atoms with Crippen molar-refractivity contribution in [3.8, 4) is 6.07 Å². The Hall–Kier alpha value is -2.33. The maximum absolute atomic E-state index is 12.3. The molecule has 20 heavy (non-hydrogen) atoms. The van der Waals surface area contributed by atoms with Gasteiger partial charge in [-0.25, -0.2) is 0 Å². The van der Waals surface area contributed by atoms with Crippen molar-refractivity contribution in [2.75, 3.05) is 11.1 Å². The van der Waals surface area contributed by atoms with E-state index in [4.69, 9.17) is 11.0 Å². The van der Waals surface area contributed by atoms with Gasteiger partial charge >= 0.3 is 0 Å². The van der Waals surface area contributed by atoms with Crippen LogP contribution in [0.25, 0.3) is 0 Å². The molecule has 0 atom stereocenters. The SMILES string of the molecule is CCn1ncc(N)c1C(=O)Nc1cc(Br)ccc1C#N. The summed E-state index contributed by atoms with van der Waals surface area (Å²) in [5.74, 6) is -0.392. The van der Waals surface area contributed by atoms with E-state index in [1.807, 2.05) is 13.0 Å². The van der Waals surface area contributed by atoms with E-state index in [2.05, 4.69) is 26.3 Å². The van der Waals surface area contributed by atoms with E-state index in [9.17, 15) is 4.79 Å². The molecule has 2 rings (SSSR count). The maximum Gasteiger partial charge on any atom is 0.276 e. The van der Waals surface area contributed by atoms with E-state index in [1.54, 1.807) is 18.2 Å². The second kappa shape index (κ2) is 5.75. The lowest BCUT2D eigenvalue weighted by Gasteiger charge is -2.09. The summed E-state index contributed by atoms with van der Waals surface area (Å²) < 4.78 is 2.28. The summed E-state index contributed by atoms with van der Waals surface area (Å²) in [6, 6.07) is 7.05. The molecule has 0 aliphatic heterocycles. The second-order valence-corrected chi connectivity index (χ2v) is 4.94. The van der Waals surface area contributed by atoms with Crippen molar-refractivity contribution in [3.05, 3.63) is 40.1 Å². The number of benzene rings is 1. The van der Waals surface area contributed by atoms with Gasteiger partial charge in [0.2, 0.25) is 0 Å². The fraction of sp³-hybridized carbons (Fsp3) is 0.154. The van der Waals surface area contributed by atoms with Crippen molar-refractivity contribution in [1.29, 1.82) is 5.26 Å². The van der Waals surface area contributed by atoms with Crippen molar-refractivity contribution in [1.82, 2.24) is 9.78 Å². The minimum atomic E-state index is -0.392. The van der Waals surface area contributed by atoms with Gasteiger partial charge in [0.25, 0.3) is 5.91 Å². The third-order valence-electron chi connectivity index (χ3n) is 2.73. The first-order chi connectivity index (χ1) is 9.56. The number of halogens is 1. The zero-order valence-electron chi connectivity index (χ0n) is 10.7. The lowest BCUT2D eigenvalue weighted by molar-refractivity contribution is 0.101. The van der Waals surface area contributed by atoms with Crippen LogP contribution < -0.4 is 11.1 Å². The van der Waals surface area contributed by atoms with Gasteiger partial charge in [-0.1, -0.05) is 15.9 Å². The summed E-state index contributed by atoms with van der Waals surface area (Å²) in [4.78, 5) is 12.3. The highest BCUT2D eigenvalue weighted by atomic mass is 79.9. The Kier molecular flexibility index (Phi) is 4.05. The largest absolute Gasteiger partial charge is 0.396 e. The van der Waals surface area contributed by atoms with Crippen molar-refractivity contribution in [2.45, 2.75) is 13.5 Å². The van der Waals surface area contributed by atoms with Crippen LogP contribution in [0.2, 0.25) is 0 Å². The van der Waals surface area contributed by atoms with Crippen molar-refractivity contribution in [3.63, 3.8) is 0 Å². The van der Waals surface area contributed by atoms with Crippen LogP contribution in [0.1, 0.15) is 23.0 Å². The highest BCUT2D eigenvalue weighted by molar-refractivity contribution is 9.10. The average molecular weight is 334 g/mol. The fourth-order valence-corrected chi connectivity index (χ4v) is 2.15. The van der Waals surface area contributed by atoms with E-state index in [1.165, 1.54) is 10.9 Å². The predicted octanol–water partition coefficient (Wildman–Crippen LogP) is 2.37. The Bertz CT molecular complexity index is 701. The summed E-state index contributed by atoms with van der Waals surface area (Å²) in [6.07, 6.45) is 1.44. The van der Waals surface area contributed by atoms with Crippen LogP contribution in [0.5, 0.6) is 0 Å². The number of hydrogen-bond donors (Lipinski definition) is 2. The Morgan fingerprint density at radius 3 is 3.00 bits per heavy atom. The first-order valence-corrected chi connectivity index (χ1v) is 6.68. The lowest BCUT2D eigenvalue weighted by Crippen LogP contribution is -2.19. The molecule has 0 aliphatic rings. The fourth-order valence-electron chi connectivity index (χ4n) is 1.79. The Labute approximate surface area is 124 Å². The van der Waals surface area contributed by atoms with E-state index >= 15 is 0 Å². The number of nitrogens with two attached hydrogens (primary N) is 1. The average Bonchev–Trinajstić information content (AvgIpc) is 2.80. The number of rotatable bonds is 3. The van der Waals surface area contributed by atoms with Crippen LogP contribution in [0.15, 0.2) is 28.9 Å². The molecule has 1 aromatic carbocycles. The number of aryl methyl sites for hydroxylation is 1. The number of nitrogen functional groups attached to an aromatic ring is 1. The molecule has 0 aliphatic carbocycles. The molecule has 0 spiro atoms. The molecule has 0 unspecified atom stereocenters. The molecule has 0 saturated heterocycles. The topological polar surface area (TPSA) is 96.7 Å². The highest BCUT2D eigenvalue weighted by Gasteiger charge is 2.17. The highest BCUT2D eigenvalue weighted by Crippen LogP contribution is 2.22. The standard InChI is InChI=1S/C13H12BrN5O/c1-2-19-12(10(16)7-17-19)13(20)18-11-5-9(14)4-3-8(11)6-15/h3-5,7H,2,16H2,1H3,(H,18,20). The smallest absolute Gasteiger partial charge is 0.276 e. The number of hydrogen-bond acceptors (Lipinski definition) is 4. The Morgan fingerprint density at radius 1 is 1.60 bits per heavy atom. The van der Waals surface area contributed by atoms with Crippen LogP contribution in [0.3, 0.4) is 0 Å². The molecule has 6 nitrogen and oxygen atoms in total. The number of nitrogens with zero attached hydrogens (tertiary/aromatic N) is 3. The predicted molar refractivity (Wildman–Crippen MR) is 79.1 cm³/mol. The number of nitrogens with one attached hydrogen (secondary N) is 1. The van der Waals surface area contributed by atoms with Gasteiger partial charge < -0.3 is 11.1 Å². The van der Waals surface area contributed by atoms with Crippen LogP contribution >= 0.6 is 15.9 Å². The van der Waals surface area contributed by atoms with Gasteiger partial charge in [0, 0.05) is 11.0 Å². The molecule has 0 saturated carbocycles. The van der Waals surface area contributed by atoms with Crippen molar-refractivity contribution in [2.24, 2.45) is 0 Å². The number of amides is 1. The number of aromatic nitrogens is 2. The molecule has 3 N–H and O–H groups in total. The van der Waals surface area contributed by atoms with Crippen LogP contribution in [0, 0.1) is 11.3 Å². The van der Waals surface area contributed by atoms with Gasteiger partial charge in [0.1, 0.15) is 11.8 Å². The normalized spacial score (nSPS) is 10.1. The summed E-state index contributed by atoms with van der Waals surface area (Å²) >= 11 is 3.30. The van der Waals surface area contributed by atoms with Crippen molar-refractivity contribution >= 4 is 33.2 Å². The van der Waals surface area contributed by atoms with Gasteiger partial charge in [-0.2, -0.15) is 10.4 Å². The second-order valence-electron chi connectivity index (χ2n) is 4.02. The first kappa shape index (κ1) is 14.1.